The van der Waals surface area contributed by atoms with Gasteiger partial charge in [-0.3, -0.25) is 0 Å². The molecule has 1 N–H and O–H groups in total. The van der Waals surface area contributed by atoms with E-state index in [1.165, 1.54) is 6.20 Å². The molecule has 0 amide bonds. The van der Waals surface area contributed by atoms with Gasteiger partial charge in [0.15, 0.2) is 0 Å². The van der Waals surface area contributed by atoms with Gasteiger partial charge in [-0.25, -0.2) is 18.1 Å². The van der Waals surface area contributed by atoms with Gasteiger partial charge in [0.05, 0.1) is 13.2 Å². The molecular formula is C12H19N3O3S. The largest absolute Gasteiger partial charge is 0.378 e. The first-order valence-electron chi connectivity index (χ1n) is 6.30. The summed E-state index contributed by atoms with van der Waals surface area (Å²) in [4.78, 5) is 6.50. The number of hydrogen-bond donors (Lipinski definition) is 1. The van der Waals surface area contributed by atoms with Gasteiger partial charge in [-0.1, -0.05) is 0 Å². The number of hydrogen-bond acceptors (Lipinski definition) is 5. The number of pyridine rings is 1. The summed E-state index contributed by atoms with van der Waals surface area (Å²) >= 11 is 0. The van der Waals surface area contributed by atoms with Gasteiger partial charge < -0.3 is 9.64 Å². The summed E-state index contributed by atoms with van der Waals surface area (Å²) in [6.07, 6.45) is 1.40. The highest BCUT2D eigenvalue weighted by Gasteiger charge is 2.17. The number of nitrogens with zero attached hydrogens (tertiary/aromatic N) is 2. The van der Waals surface area contributed by atoms with Gasteiger partial charge in [-0.15, -0.1) is 0 Å². The van der Waals surface area contributed by atoms with Crippen molar-refractivity contribution in [2.24, 2.45) is 0 Å². The Morgan fingerprint density at radius 2 is 2.00 bits per heavy atom. The van der Waals surface area contributed by atoms with Gasteiger partial charge in [0.2, 0.25) is 10.0 Å². The summed E-state index contributed by atoms with van der Waals surface area (Å²) in [7, 11) is -3.46. The lowest BCUT2D eigenvalue weighted by Gasteiger charge is -2.27. The minimum absolute atomic E-state index is 0.135. The third kappa shape index (κ3) is 3.65. The van der Waals surface area contributed by atoms with Crippen LogP contribution in [0, 0.1) is 0 Å². The second kappa shape index (κ2) is 5.85. The Morgan fingerprint density at radius 1 is 1.32 bits per heavy atom. The van der Waals surface area contributed by atoms with Crippen molar-refractivity contribution in [3.8, 4) is 0 Å². The van der Waals surface area contributed by atoms with Crippen LogP contribution in [0.4, 0.5) is 5.82 Å². The number of ether oxygens (including phenoxy) is 1. The average molecular weight is 285 g/mol. The van der Waals surface area contributed by atoms with Crippen molar-refractivity contribution in [1.29, 1.82) is 0 Å². The highest BCUT2D eigenvalue weighted by Crippen LogP contribution is 2.15. The van der Waals surface area contributed by atoms with Crippen LogP contribution >= 0.6 is 0 Å². The molecule has 1 saturated heterocycles. The molecule has 1 aliphatic heterocycles. The van der Waals surface area contributed by atoms with E-state index in [9.17, 15) is 8.42 Å². The molecule has 0 spiro atoms. The summed E-state index contributed by atoms with van der Waals surface area (Å²) in [5, 5.41) is 0. The fraction of sp³-hybridized carbons (Fsp3) is 0.583. The molecule has 1 aliphatic rings. The maximum atomic E-state index is 11.9. The zero-order valence-electron chi connectivity index (χ0n) is 11.2. The Bertz CT molecular complexity index is 508. The average Bonchev–Trinajstić information content (AvgIpc) is 2.38. The van der Waals surface area contributed by atoms with Crippen molar-refractivity contribution in [3.63, 3.8) is 0 Å². The minimum Gasteiger partial charge on any atom is -0.378 e. The molecule has 2 heterocycles. The second-order valence-corrected chi connectivity index (χ2v) is 6.44. The predicted molar refractivity (Wildman–Crippen MR) is 72.7 cm³/mol. The van der Waals surface area contributed by atoms with E-state index in [2.05, 4.69) is 14.6 Å². The van der Waals surface area contributed by atoms with Crippen LogP contribution in [0.2, 0.25) is 0 Å². The fourth-order valence-corrected chi connectivity index (χ4v) is 3.08. The Balaban J connectivity index is 2.13. The van der Waals surface area contributed by atoms with Crippen LogP contribution in [-0.2, 0) is 14.8 Å². The predicted octanol–water partition coefficient (Wildman–Crippen LogP) is 0.605. The van der Waals surface area contributed by atoms with Crippen LogP contribution < -0.4 is 9.62 Å². The van der Waals surface area contributed by atoms with E-state index < -0.39 is 10.0 Å². The van der Waals surface area contributed by atoms with E-state index >= 15 is 0 Å². The lowest BCUT2D eigenvalue weighted by Crippen LogP contribution is -2.36. The number of nitrogens with one attached hydrogen (secondary N) is 1. The van der Waals surface area contributed by atoms with Gasteiger partial charge in [0.25, 0.3) is 0 Å². The number of morpholine rings is 1. The molecule has 0 bridgehead atoms. The molecule has 1 aromatic rings. The zero-order valence-corrected chi connectivity index (χ0v) is 12.0. The van der Waals surface area contributed by atoms with E-state index in [0.29, 0.717) is 13.2 Å². The summed E-state index contributed by atoms with van der Waals surface area (Å²) in [5.74, 6) is 0.784. The molecule has 0 saturated carbocycles. The van der Waals surface area contributed by atoms with Crippen molar-refractivity contribution >= 4 is 15.8 Å². The summed E-state index contributed by atoms with van der Waals surface area (Å²) in [6.45, 7) is 6.49. The summed E-state index contributed by atoms with van der Waals surface area (Å²) < 4.78 is 31.7. The molecule has 0 radical (unpaired) electrons. The van der Waals surface area contributed by atoms with Gasteiger partial charge in [0, 0.05) is 25.3 Å². The SMILES string of the molecule is CC(C)NS(=O)(=O)c1ccc(N2CCOCC2)nc1. The van der Waals surface area contributed by atoms with Crippen LogP contribution in [0.15, 0.2) is 23.2 Å². The normalized spacial score (nSPS) is 16.9. The number of sulfonamides is 1. The van der Waals surface area contributed by atoms with E-state index in [-0.39, 0.29) is 10.9 Å². The maximum Gasteiger partial charge on any atom is 0.242 e. The van der Waals surface area contributed by atoms with Gasteiger partial charge in [-0.2, -0.15) is 0 Å². The standard InChI is InChI=1S/C12H19N3O3S/c1-10(2)14-19(16,17)11-3-4-12(13-9-11)15-5-7-18-8-6-15/h3-4,9-10,14H,5-8H2,1-2H3. The molecule has 0 unspecified atom stereocenters. The Morgan fingerprint density at radius 3 is 2.53 bits per heavy atom. The molecule has 1 aromatic heterocycles. The molecule has 1 fully saturated rings. The molecule has 106 valence electrons. The van der Waals surface area contributed by atoms with Crippen LogP contribution in [0.5, 0.6) is 0 Å². The molecule has 0 atom stereocenters. The Labute approximate surface area is 113 Å². The minimum atomic E-state index is -3.46. The van der Waals surface area contributed by atoms with E-state index in [4.69, 9.17) is 4.74 Å². The Kier molecular flexibility index (Phi) is 4.38. The second-order valence-electron chi connectivity index (χ2n) is 4.73. The lowest BCUT2D eigenvalue weighted by molar-refractivity contribution is 0.122. The number of rotatable bonds is 4. The smallest absolute Gasteiger partial charge is 0.242 e. The van der Waals surface area contributed by atoms with Crippen molar-refractivity contribution in [2.45, 2.75) is 24.8 Å². The lowest BCUT2D eigenvalue weighted by atomic mass is 10.4. The highest BCUT2D eigenvalue weighted by molar-refractivity contribution is 7.89. The molecule has 19 heavy (non-hydrogen) atoms. The van der Waals surface area contributed by atoms with Crippen molar-refractivity contribution < 1.29 is 13.2 Å². The van der Waals surface area contributed by atoms with Gasteiger partial charge in [-0.05, 0) is 26.0 Å². The first-order chi connectivity index (χ1) is 8.99. The molecule has 0 aliphatic carbocycles. The van der Waals surface area contributed by atoms with E-state index in [0.717, 1.165) is 18.9 Å². The molecule has 0 aromatic carbocycles. The van der Waals surface area contributed by atoms with Crippen LogP contribution in [0.3, 0.4) is 0 Å². The molecule has 7 heteroatoms. The third-order valence-electron chi connectivity index (χ3n) is 2.76. The number of anilines is 1. The first-order valence-corrected chi connectivity index (χ1v) is 7.78. The van der Waals surface area contributed by atoms with Gasteiger partial charge >= 0.3 is 0 Å². The summed E-state index contributed by atoms with van der Waals surface area (Å²) in [6, 6.07) is 3.19. The van der Waals surface area contributed by atoms with E-state index in [1.807, 2.05) is 0 Å². The third-order valence-corrected chi connectivity index (χ3v) is 4.40. The van der Waals surface area contributed by atoms with Crippen molar-refractivity contribution in [3.05, 3.63) is 18.3 Å². The fourth-order valence-electron chi connectivity index (χ4n) is 1.89. The topological polar surface area (TPSA) is 71.5 Å². The highest BCUT2D eigenvalue weighted by atomic mass is 32.2. The van der Waals surface area contributed by atoms with Crippen molar-refractivity contribution in [1.82, 2.24) is 9.71 Å². The van der Waals surface area contributed by atoms with Crippen LogP contribution in [-0.4, -0.2) is 45.7 Å². The van der Waals surface area contributed by atoms with Gasteiger partial charge in [0.1, 0.15) is 10.7 Å². The summed E-state index contributed by atoms with van der Waals surface area (Å²) in [5.41, 5.74) is 0. The first kappa shape index (κ1) is 14.2. The number of aromatic nitrogens is 1. The Hall–Kier alpha value is -1.18. The van der Waals surface area contributed by atoms with Crippen molar-refractivity contribution in [2.75, 3.05) is 31.2 Å². The molecule has 2 rings (SSSR count). The van der Waals surface area contributed by atoms with Crippen LogP contribution in [0.25, 0.3) is 0 Å². The zero-order chi connectivity index (χ0) is 13.9. The van der Waals surface area contributed by atoms with E-state index in [1.54, 1.807) is 26.0 Å². The quantitative estimate of drug-likeness (QED) is 0.877. The molecule has 6 nitrogen and oxygen atoms in total. The molecular weight excluding hydrogens is 266 g/mol. The maximum absolute atomic E-state index is 11.9. The van der Waals surface area contributed by atoms with Crippen LogP contribution in [0.1, 0.15) is 13.8 Å². The monoisotopic (exact) mass is 285 g/mol.